The summed E-state index contributed by atoms with van der Waals surface area (Å²) in [4.78, 5) is 24.6. The summed E-state index contributed by atoms with van der Waals surface area (Å²) in [7, 11) is 3.39. The molecule has 1 aliphatic rings. The summed E-state index contributed by atoms with van der Waals surface area (Å²) in [6.07, 6.45) is -7.44. The van der Waals surface area contributed by atoms with Crippen molar-refractivity contribution in [1.29, 1.82) is 0 Å². The van der Waals surface area contributed by atoms with Gasteiger partial charge in [0, 0.05) is 14.1 Å². The maximum atomic E-state index is 12.1. The molecule has 3 rings (SSSR count). The van der Waals surface area contributed by atoms with Gasteiger partial charge in [-0.25, -0.2) is 4.98 Å². The SMILES string of the molecule is CN(C)c1nc2c(ncn2[C@@H]2O[C@H](COP(=O)(Cl)Cl)[C@H](O)C2O)c(=O)[nH]1. The van der Waals surface area contributed by atoms with Gasteiger partial charge < -0.3 is 24.4 Å². The first-order valence-corrected chi connectivity index (χ1v) is 10.8. The minimum atomic E-state index is -3.82. The molecule has 0 saturated carbocycles. The molecule has 2 aromatic rings. The number of aliphatic hydroxyl groups is 2. The fraction of sp³-hybridized carbons (Fsp3) is 0.583. The Morgan fingerprint density at radius 1 is 1.42 bits per heavy atom. The molecule has 0 bridgehead atoms. The van der Waals surface area contributed by atoms with E-state index in [4.69, 9.17) is 31.7 Å². The molecule has 144 valence electrons. The Balaban J connectivity index is 1.93. The van der Waals surface area contributed by atoms with Crippen LogP contribution in [0.5, 0.6) is 0 Å². The Bertz CT molecular complexity index is 913. The lowest BCUT2D eigenvalue weighted by molar-refractivity contribution is -0.0465. The first-order valence-electron chi connectivity index (χ1n) is 7.38. The highest BCUT2D eigenvalue weighted by Gasteiger charge is 2.45. The zero-order valence-electron chi connectivity index (χ0n) is 13.6. The molecule has 1 fully saturated rings. The topological polar surface area (TPSA) is 143 Å². The number of nitrogens with zero attached hydrogens (tertiary/aromatic N) is 4. The van der Waals surface area contributed by atoms with Crippen LogP contribution in [0.3, 0.4) is 0 Å². The van der Waals surface area contributed by atoms with Crippen molar-refractivity contribution in [3.8, 4) is 0 Å². The highest BCUT2D eigenvalue weighted by Crippen LogP contribution is 2.57. The maximum Gasteiger partial charge on any atom is 0.380 e. The number of aliphatic hydroxyl groups excluding tert-OH is 2. The van der Waals surface area contributed by atoms with Gasteiger partial charge in [0.1, 0.15) is 18.3 Å². The second kappa shape index (κ2) is 7.08. The Morgan fingerprint density at radius 3 is 2.73 bits per heavy atom. The monoisotopic (exact) mass is 427 g/mol. The van der Waals surface area contributed by atoms with Gasteiger partial charge in [-0.15, -0.1) is 0 Å². The van der Waals surface area contributed by atoms with Crippen LogP contribution in [0.4, 0.5) is 5.95 Å². The molecular weight excluding hydrogens is 412 g/mol. The van der Waals surface area contributed by atoms with Crippen molar-refractivity contribution in [3.63, 3.8) is 0 Å². The molecule has 1 aliphatic heterocycles. The molecule has 0 aliphatic carbocycles. The van der Waals surface area contributed by atoms with Crippen LogP contribution in [0.1, 0.15) is 6.23 Å². The van der Waals surface area contributed by atoms with Gasteiger partial charge in [0.15, 0.2) is 17.4 Å². The van der Waals surface area contributed by atoms with Crippen LogP contribution in [0.15, 0.2) is 11.1 Å². The third-order valence-electron chi connectivity index (χ3n) is 3.84. The zero-order valence-corrected chi connectivity index (χ0v) is 16.0. The lowest BCUT2D eigenvalue weighted by Crippen LogP contribution is -2.33. The minimum Gasteiger partial charge on any atom is -0.387 e. The predicted octanol–water partition coefficient (Wildman–Crippen LogP) is 0.407. The van der Waals surface area contributed by atoms with Crippen LogP contribution in [0, 0.1) is 0 Å². The molecule has 0 spiro atoms. The number of fused-ring (bicyclic) bond motifs is 1. The van der Waals surface area contributed by atoms with Crippen molar-refractivity contribution in [1.82, 2.24) is 19.5 Å². The van der Waals surface area contributed by atoms with E-state index in [-0.39, 0.29) is 17.1 Å². The van der Waals surface area contributed by atoms with E-state index < -0.39 is 42.8 Å². The largest absolute Gasteiger partial charge is 0.387 e. The third kappa shape index (κ3) is 3.74. The van der Waals surface area contributed by atoms with Gasteiger partial charge in [-0.3, -0.25) is 18.9 Å². The van der Waals surface area contributed by atoms with Crippen molar-refractivity contribution in [2.45, 2.75) is 24.5 Å². The van der Waals surface area contributed by atoms with Gasteiger partial charge >= 0.3 is 6.07 Å². The second-order valence-corrected chi connectivity index (χ2v) is 10.1. The standard InChI is InChI=1S/C12H16Cl2N5O6P/c1-18(2)12-16-9-6(10(22)17-12)15-4-19(9)11-8(21)7(20)5(25-11)3-24-26(13,14)23/h4-5,7-8,11,20-21H,3H2,1-2H3,(H,16,17,22)/t5-,7+,8?,11-/m1/s1. The summed E-state index contributed by atoms with van der Waals surface area (Å²) < 4.78 is 22.9. The Kier molecular flexibility index (Phi) is 5.33. The minimum absolute atomic E-state index is 0.0478. The van der Waals surface area contributed by atoms with Gasteiger partial charge in [0.25, 0.3) is 5.56 Å². The zero-order chi connectivity index (χ0) is 19.2. The predicted molar refractivity (Wildman–Crippen MR) is 93.7 cm³/mol. The average molecular weight is 428 g/mol. The highest BCUT2D eigenvalue weighted by molar-refractivity contribution is 8.05. The van der Waals surface area contributed by atoms with E-state index in [0.29, 0.717) is 0 Å². The number of aromatic nitrogens is 4. The smallest absolute Gasteiger partial charge is 0.380 e. The lowest BCUT2D eigenvalue weighted by atomic mass is 10.1. The summed E-state index contributed by atoms with van der Waals surface area (Å²) >= 11 is 10.6. The average Bonchev–Trinajstić information content (AvgIpc) is 3.08. The van der Waals surface area contributed by atoms with Crippen LogP contribution < -0.4 is 10.5 Å². The van der Waals surface area contributed by atoms with Gasteiger partial charge in [-0.1, -0.05) is 0 Å². The molecule has 0 aromatic carbocycles. The van der Waals surface area contributed by atoms with Crippen LogP contribution in [0.25, 0.3) is 11.2 Å². The Labute approximate surface area is 156 Å². The number of aromatic amines is 1. The second-order valence-electron chi connectivity index (χ2n) is 5.86. The number of hydrogen-bond donors (Lipinski definition) is 3. The van der Waals surface area contributed by atoms with Crippen LogP contribution in [-0.4, -0.2) is 68.7 Å². The molecule has 14 heteroatoms. The molecule has 4 atom stereocenters. The fourth-order valence-corrected chi connectivity index (χ4v) is 3.23. The maximum absolute atomic E-state index is 12.1. The summed E-state index contributed by atoms with van der Waals surface area (Å²) in [5.41, 5.74) is -0.252. The number of H-pyrrole nitrogens is 1. The van der Waals surface area contributed by atoms with Gasteiger partial charge in [-0.05, 0) is 22.5 Å². The lowest BCUT2D eigenvalue weighted by Gasteiger charge is -2.17. The summed E-state index contributed by atoms with van der Waals surface area (Å²) in [5, 5.41) is 20.4. The molecule has 3 N–H and O–H groups in total. The number of anilines is 1. The first-order chi connectivity index (χ1) is 12.1. The van der Waals surface area contributed by atoms with Crippen molar-refractivity contribution >= 4 is 45.7 Å². The van der Waals surface area contributed by atoms with Crippen LogP contribution in [0.2, 0.25) is 0 Å². The molecule has 2 aromatic heterocycles. The van der Waals surface area contributed by atoms with Crippen molar-refractivity contribution in [3.05, 3.63) is 16.7 Å². The van der Waals surface area contributed by atoms with Crippen molar-refractivity contribution in [2.75, 3.05) is 25.6 Å². The number of rotatable bonds is 5. The molecule has 1 saturated heterocycles. The van der Waals surface area contributed by atoms with E-state index in [2.05, 4.69) is 15.0 Å². The van der Waals surface area contributed by atoms with Gasteiger partial charge in [-0.2, -0.15) is 4.98 Å². The van der Waals surface area contributed by atoms with Crippen molar-refractivity contribution in [2.24, 2.45) is 0 Å². The number of imidazole rings is 1. The molecule has 3 heterocycles. The molecule has 0 amide bonds. The number of nitrogens with one attached hydrogen (secondary N) is 1. The third-order valence-corrected chi connectivity index (χ3v) is 4.88. The Hall–Kier alpha value is -1.20. The van der Waals surface area contributed by atoms with E-state index in [1.165, 1.54) is 10.9 Å². The van der Waals surface area contributed by atoms with Crippen molar-refractivity contribution < 1.29 is 24.0 Å². The quantitative estimate of drug-likeness (QED) is 0.577. The van der Waals surface area contributed by atoms with E-state index in [9.17, 15) is 19.6 Å². The van der Waals surface area contributed by atoms with E-state index in [0.717, 1.165) is 0 Å². The van der Waals surface area contributed by atoms with Gasteiger partial charge in [0.2, 0.25) is 5.95 Å². The number of halogens is 2. The molecular formula is C12H16Cl2N5O6P. The molecule has 0 radical (unpaired) electrons. The molecule has 1 unspecified atom stereocenters. The number of ether oxygens (including phenoxy) is 1. The summed E-state index contributed by atoms with van der Waals surface area (Å²) in [6, 6.07) is 0. The van der Waals surface area contributed by atoms with Crippen LogP contribution in [-0.2, 0) is 13.8 Å². The van der Waals surface area contributed by atoms with Gasteiger partial charge in [0.05, 0.1) is 12.9 Å². The first kappa shape index (κ1) is 19.6. The van der Waals surface area contributed by atoms with Crippen LogP contribution >= 0.6 is 28.6 Å². The molecule has 26 heavy (non-hydrogen) atoms. The van der Waals surface area contributed by atoms with E-state index in [1.807, 2.05) is 0 Å². The molecule has 11 nitrogen and oxygen atoms in total. The fourth-order valence-electron chi connectivity index (χ4n) is 2.57. The van der Waals surface area contributed by atoms with E-state index >= 15 is 0 Å². The summed E-state index contributed by atoms with van der Waals surface area (Å²) in [6.45, 7) is -0.400. The number of hydrogen-bond acceptors (Lipinski definition) is 9. The van der Waals surface area contributed by atoms with E-state index in [1.54, 1.807) is 19.0 Å². The summed E-state index contributed by atoms with van der Waals surface area (Å²) in [5.74, 6) is 0.280. The normalized spacial score (nSPS) is 26.5. The highest BCUT2D eigenvalue weighted by atomic mass is 35.9. The Morgan fingerprint density at radius 2 is 2.12 bits per heavy atom.